The predicted molar refractivity (Wildman–Crippen MR) is 76.1 cm³/mol. The van der Waals surface area contributed by atoms with Crippen LogP contribution in [0.4, 0.5) is 13.2 Å². The van der Waals surface area contributed by atoms with Crippen molar-refractivity contribution in [3.8, 4) is 5.75 Å². The molecule has 6 nitrogen and oxygen atoms in total. The highest BCUT2D eigenvalue weighted by molar-refractivity contribution is 9.10. The Morgan fingerprint density at radius 2 is 1.91 bits per heavy atom. The first kappa shape index (κ1) is 17.0. The van der Waals surface area contributed by atoms with E-state index in [1.165, 1.54) is 0 Å². The number of fused-ring (bicyclic) bond motifs is 1. The third-order valence-electron chi connectivity index (χ3n) is 2.87. The molecule has 0 spiro atoms. The number of carboxylic acids is 1. The van der Waals surface area contributed by atoms with Gasteiger partial charge in [0.2, 0.25) is 0 Å². The Morgan fingerprint density at radius 3 is 2.48 bits per heavy atom. The molecule has 1 aromatic carbocycles. The van der Waals surface area contributed by atoms with Crippen LogP contribution in [0, 0.1) is 0 Å². The first-order chi connectivity index (χ1) is 10.6. The van der Waals surface area contributed by atoms with Crippen LogP contribution >= 0.6 is 15.9 Å². The molecule has 1 amide bonds. The van der Waals surface area contributed by atoms with E-state index in [1.54, 1.807) is 0 Å². The van der Waals surface area contributed by atoms with Gasteiger partial charge in [-0.25, -0.2) is 4.98 Å². The number of amides is 1. The second-order valence-corrected chi connectivity index (χ2v) is 5.19. The summed E-state index contributed by atoms with van der Waals surface area (Å²) in [7, 11) is 0. The molecule has 0 saturated carbocycles. The van der Waals surface area contributed by atoms with E-state index in [0.717, 1.165) is 12.1 Å². The molecule has 10 heteroatoms. The van der Waals surface area contributed by atoms with Gasteiger partial charge in [-0.3, -0.25) is 9.59 Å². The van der Waals surface area contributed by atoms with E-state index in [0.29, 0.717) is 6.07 Å². The zero-order chi connectivity index (χ0) is 17.4. The van der Waals surface area contributed by atoms with E-state index in [1.807, 2.05) is 5.32 Å². The van der Waals surface area contributed by atoms with E-state index in [9.17, 15) is 27.9 Å². The summed E-state index contributed by atoms with van der Waals surface area (Å²) < 4.78 is 38.3. The maximum Gasteiger partial charge on any atom is 0.416 e. The first-order valence-electron chi connectivity index (χ1n) is 6.00. The molecular formula is C13H8BrF3N2O4. The van der Waals surface area contributed by atoms with Gasteiger partial charge >= 0.3 is 12.1 Å². The third-order valence-corrected chi connectivity index (χ3v) is 3.48. The molecule has 0 fully saturated rings. The molecule has 0 aliphatic heterocycles. The standard InChI is InChI=1S/C13H8BrF3N2O4/c14-11-6-2-1-5(13(15,16)17)3-7(6)10(22)9(19-11)12(23)18-4-8(20)21/h1-3,22H,4H2,(H,18,23)(H,20,21). The number of carbonyl (C=O) groups is 2. The Morgan fingerprint density at radius 1 is 1.26 bits per heavy atom. The number of carboxylic acid groups (broad SMARTS) is 1. The number of nitrogens with one attached hydrogen (secondary N) is 1. The first-order valence-corrected chi connectivity index (χ1v) is 6.80. The van der Waals surface area contributed by atoms with E-state index in [2.05, 4.69) is 20.9 Å². The van der Waals surface area contributed by atoms with Gasteiger partial charge in [0.25, 0.3) is 5.91 Å². The highest BCUT2D eigenvalue weighted by Crippen LogP contribution is 2.37. The van der Waals surface area contributed by atoms with Crippen LogP contribution in [0.15, 0.2) is 22.8 Å². The summed E-state index contributed by atoms with van der Waals surface area (Å²) in [6.45, 7) is -0.724. The van der Waals surface area contributed by atoms with Crippen LogP contribution in [-0.2, 0) is 11.0 Å². The number of aromatic hydroxyl groups is 1. The molecule has 3 N–H and O–H groups in total. The van der Waals surface area contributed by atoms with Crippen molar-refractivity contribution in [2.45, 2.75) is 6.18 Å². The molecular weight excluding hydrogens is 385 g/mol. The number of halogens is 4. The van der Waals surface area contributed by atoms with Crippen LogP contribution in [0.1, 0.15) is 16.1 Å². The Kier molecular flexibility index (Phi) is 4.46. The maximum atomic E-state index is 12.8. The average Bonchev–Trinajstić information content (AvgIpc) is 2.47. The van der Waals surface area contributed by atoms with Crippen molar-refractivity contribution in [3.63, 3.8) is 0 Å². The van der Waals surface area contributed by atoms with Gasteiger partial charge in [-0.05, 0) is 28.1 Å². The lowest BCUT2D eigenvalue weighted by atomic mass is 10.1. The molecule has 0 saturated heterocycles. The van der Waals surface area contributed by atoms with Gasteiger partial charge in [0.1, 0.15) is 11.1 Å². The molecule has 2 rings (SSSR count). The molecule has 0 bridgehead atoms. The van der Waals surface area contributed by atoms with Crippen LogP contribution in [-0.4, -0.2) is 33.6 Å². The zero-order valence-corrected chi connectivity index (χ0v) is 12.7. The topological polar surface area (TPSA) is 99.5 Å². The fourth-order valence-corrected chi connectivity index (χ4v) is 2.36. The monoisotopic (exact) mass is 392 g/mol. The number of rotatable bonds is 3. The fraction of sp³-hybridized carbons (Fsp3) is 0.154. The number of aliphatic carboxylic acids is 1. The van der Waals surface area contributed by atoms with Crippen molar-refractivity contribution >= 4 is 38.6 Å². The Bertz CT molecular complexity index is 808. The van der Waals surface area contributed by atoms with Crippen molar-refractivity contribution in [3.05, 3.63) is 34.1 Å². The van der Waals surface area contributed by atoms with Gasteiger partial charge in [-0.1, -0.05) is 6.07 Å². The second-order valence-electron chi connectivity index (χ2n) is 4.43. The van der Waals surface area contributed by atoms with Gasteiger partial charge in [0, 0.05) is 10.8 Å². The van der Waals surface area contributed by atoms with Crippen LogP contribution in [0.2, 0.25) is 0 Å². The Labute approximate surface area is 135 Å². The van der Waals surface area contributed by atoms with Gasteiger partial charge in [-0.15, -0.1) is 0 Å². The molecule has 0 unspecified atom stereocenters. The van der Waals surface area contributed by atoms with Crippen molar-refractivity contribution in [1.29, 1.82) is 0 Å². The van der Waals surface area contributed by atoms with Gasteiger partial charge in [-0.2, -0.15) is 13.2 Å². The largest absolute Gasteiger partial charge is 0.505 e. The number of hydrogen-bond donors (Lipinski definition) is 3. The quantitative estimate of drug-likeness (QED) is 0.697. The smallest absolute Gasteiger partial charge is 0.416 e. The number of benzene rings is 1. The second kappa shape index (κ2) is 6.03. The minimum atomic E-state index is -4.62. The highest BCUT2D eigenvalue weighted by Gasteiger charge is 2.31. The van der Waals surface area contributed by atoms with Gasteiger partial charge in [0.05, 0.1) is 5.56 Å². The summed E-state index contributed by atoms with van der Waals surface area (Å²) in [5.74, 6) is -3.11. The van der Waals surface area contributed by atoms with Crippen LogP contribution in [0.3, 0.4) is 0 Å². The summed E-state index contributed by atoms with van der Waals surface area (Å²) >= 11 is 3.01. The molecule has 122 valence electrons. The number of alkyl halides is 3. The Balaban J connectivity index is 2.58. The summed E-state index contributed by atoms with van der Waals surface area (Å²) in [4.78, 5) is 26.0. The fourth-order valence-electron chi connectivity index (χ4n) is 1.83. The number of carbonyl (C=O) groups excluding carboxylic acids is 1. The number of hydrogen-bond acceptors (Lipinski definition) is 4. The summed E-state index contributed by atoms with van der Waals surface area (Å²) in [6.07, 6.45) is -4.62. The molecule has 1 heterocycles. The molecule has 23 heavy (non-hydrogen) atoms. The molecule has 0 atom stereocenters. The third kappa shape index (κ3) is 3.52. The van der Waals surface area contributed by atoms with Crippen LogP contribution < -0.4 is 5.32 Å². The Hall–Kier alpha value is -2.36. The molecule has 0 aliphatic carbocycles. The predicted octanol–water partition coefficient (Wildman–Crippen LogP) is 2.54. The van der Waals surface area contributed by atoms with Crippen molar-refractivity contribution < 1.29 is 33.0 Å². The summed E-state index contributed by atoms with van der Waals surface area (Å²) in [6, 6.07) is 2.61. The van der Waals surface area contributed by atoms with Crippen LogP contribution in [0.25, 0.3) is 10.8 Å². The van der Waals surface area contributed by atoms with Crippen molar-refractivity contribution in [1.82, 2.24) is 10.3 Å². The lowest BCUT2D eigenvalue weighted by Gasteiger charge is -2.12. The maximum absolute atomic E-state index is 12.8. The number of nitrogens with zero attached hydrogens (tertiary/aromatic N) is 1. The van der Waals surface area contributed by atoms with E-state index >= 15 is 0 Å². The average molecular weight is 393 g/mol. The van der Waals surface area contributed by atoms with Crippen molar-refractivity contribution in [2.75, 3.05) is 6.54 Å². The molecule has 2 aromatic rings. The number of aromatic nitrogens is 1. The van der Waals surface area contributed by atoms with Crippen LogP contribution in [0.5, 0.6) is 5.75 Å². The normalized spacial score (nSPS) is 11.5. The molecule has 1 aromatic heterocycles. The summed E-state index contributed by atoms with van der Waals surface area (Å²) in [5, 5.41) is 20.4. The SMILES string of the molecule is O=C(O)CNC(=O)c1nc(Br)c2ccc(C(F)(F)F)cc2c1O. The lowest BCUT2D eigenvalue weighted by molar-refractivity contribution is -0.137. The highest BCUT2D eigenvalue weighted by atomic mass is 79.9. The summed E-state index contributed by atoms with van der Waals surface area (Å²) in [5.41, 5.74) is -1.58. The molecule has 0 radical (unpaired) electrons. The minimum absolute atomic E-state index is 0.0412. The van der Waals surface area contributed by atoms with Crippen molar-refractivity contribution in [2.24, 2.45) is 0 Å². The van der Waals surface area contributed by atoms with Gasteiger partial charge < -0.3 is 15.5 Å². The molecule has 0 aliphatic rings. The van der Waals surface area contributed by atoms with E-state index in [4.69, 9.17) is 5.11 Å². The minimum Gasteiger partial charge on any atom is -0.505 e. The van der Waals surface area contributed by atoms with E-state index < -0.39 is 41.6 Å². The van der Waals surface area contributed by atoms with E-state index in [-0.39, 0.29) is 15.4 Å². The lowest BCUT2D eigenvalue weighted by Crippen LogP contribution is -2.30. The zero-order valence-electron chi connectivity index (χ0n) is 11.1. The number of pyridine rings is 1. The van der Waals surface area contributed by atoms with Gasteiger partial charge in [0.15, 0.2) is 11.4 Å².